The van der Waals surface area contributed by atoms with E-state index in [4.69, 9.17) is 16.0 Å². The molecule has 0 saturated carbocycles. The number of hydrogen-bond donors (Lipinski definition) is 3. The van der Waals surface area contributed by atoms with Crippen LogP contribution in [0.15, 0.2) is 11.4 Å². The van der Waals surface area contributed by atoms with Gasteiger partial charge in [0.15, 0.2) is 6.23 Å². The molecule has 4 N–H and O–H groups in total. The van der Waals surface area contributed by atoms with Gasteiger partial charge < -0.3 is 20.7 Å². The molecule has 0 spiro atoms. The van der Waals surface area contributed by atoms with Crippen molar-refractivity contribution < 1.29 is 19.7 Å². The molecule has 0 bridgehead atoms. The average Bonchev–Trinajstić information content (AvgIpc) is 2.95. The normalized spacial score (nSPS) is 30.0. The number of aliphatic hydroxyl groups excluding tert-OH is 2. The summed E-state index contributed by atoms with van der Waals surface area (Å²) in [5.74, 6) is -1.05. The number of aromatic nitrogens is 3. The molecule has 4 atom stereocenters. The third-order valence-corrected chi connectivity index (χ3v) is 2.65. The van der Waals surface area contributed by atoms with Crippen LogP contribution in [-0.4, -0.2) is 55.7 Å². The molecule has 1 aliphatic heterocycles. The molecule has 11 nitrogen and oxygen atoms in total. The SMILES string of the molecule is [N-]=[N+]=NC[C@H]1O[C@@H](n2cnc(C(N)=O)n2)[C@H](O)[C@@H]1O. The summed E-state index contributed by atoms with van der Waals surface area (Å²) in [5, 5.41) is 26.5. The first-order valence-corrected chi connectivity index (χ1v) is 5.28. The molecule has 1 fully saturated rings. The lowest BCUT2D eigenvalue weighted by molar-refractivity contribution is -0.0420. The number of amides is 1. The topological polar surface area (TPSA) is 172 Å². The zero-order valence-corrected chi connectivity index (χ0v) is 9.57. The molecule has 0 radical (unpaired) electrons. The van der Waals surface area contributed by atoms with Crippen LogP contribution in [0.2, 0.25) is 0 Å². The summed E-state index contributed by atoms with van der Waals surface area (Å²) in [6.45, 7) is -0.136. The summed E-state index contributed by atoms with van der Waals surface area (Å²) >= 11 is 0. The summed E-state index contributed by atoms with van der Waals surface area (Å²) in [6, 6.07) is 0. The largest absolute Gasteiger partial charge is 0.388 e. The molecule has 0 aliphatic carbocycles. The number of ether oxygens (including phenoxy) is 1. The molecule has 0 aromatic carbocycles. The van der Waals surface area contributed by atoms with Crippen molar-refractivity contribution in [3.8, 4) is 0 Å². The van der Waals surface area contributed by atoms with Crippen LogP contribution in [-0.2, 0) is 4.74 Å². The molecule has 1 saturated heterocycles. The lowest BCUT2D eigenvalue weighted by atomic mass is 10.1. The molecule has 1 aromatic rings. The number of primary amides is 1. The van der Waals surface area contributed by atoms with Crippen molar-refractivity contribution in [2.45, 2.75) is 24.5 Å². The standard InChI is InChI=1S/C8H11N7O4/c9-6(18)7-11-2-15(13-7)8-5(17)4(16)3(19-8)1-12-14-10/h2-5,8,16-17H,1H2,(H2,9,18)/t3-,4-,5-,8-/m1/s1. The Bertz CT molecular complexity index is 525. The Labute approximate surface area is 106 Å². The number of nitrogens with zero attached hydrogens (tertiary/aromatic N) is 6. The monoisotopic (exact) mass is 269 g/mol. The van der Waals surface area contributed by atoms with Crippen molar-refractivity contribution in [3.63, 3.8) is 0 Å². The van der Waals surface area contributed by atoms with Gasteiger partial charge in [-0.2, -0.15) is 0 Å². The fraction of sp³-hybridized carbons (Fsp3) is 0.625. The van der Waals surface area contributed by atoms with Crippen LogP contribution in [0.1, 0.15) is 16.8 Å². The van der Waals surface area contributed by atoms with Crippen LogP contribution in [0.5, 0.6) is 0 Å². The Balaban J connectivity index is 2.16. The number of carbonyl (C=O) groups excluding carboxylic acids is 1. The molecule has 102 valence electrons. The van der Waals surface area contributed by atoms with Gasteiger partial charge >= 0.3 is 0 Å². The molecule has 2 heterocycles. The van der Waals surface area contributed by atoms with E-state index < -0.39 is 30.4 Å². The highest BCUT2D eigenvalue weighted by Gasteiger charge is 2.43. The maximum atomic E-state index is 10.9. The van der Waals surface area contributed by atoms with Crippen LogP contribution >= 0.6 is 0 Å². The van der Waals surface area contributed by atoms with Crippen LogP contribution < -0.4 is 5.73 Å². The van der Waals surface area contributed by atoms with Crippen LogP contribution in [0.4, 0.5) is 0 Å². The van der Waals surface area contributed by atoms with E-state index in [1.807, 2.05) is 0 Å². The molecule has 19 heavy (non-hydrogen) atoms. The van der Waals surface area contributed by atoms with Crippen molar-refractivity contribution in [1.29, 1.82) is 0 Å². The molecule has 0 unspecified atom stereocenters. The predicted octanol–water partition coefficient (Wildman–Crippen LogP) is -1.69. The van der Waals surface area contributed by atoms with Gasteiger partial charge in [0.2, 0.25) is 5.82 Å². The van der Waals surface area contributed by atoms with Gasteiger partial charge in [-0.15, -0.1) is 5.10 Å². The van der Waals surface area contributed by atoms with Gasteiger partial charge in [0, 0.05) is 4.91 Å². The minimum absolute atomic E-state index is 0.136. The van der Waals surface area contributed by atoms with Crippen LogP contribution in [0.25, 0.3) is 10.4 Å². The zero-order valence-electron chi connectivity index (χ0n) is 9.57. The van der Waals surface area contributed by atoms with Crippen LogP contribution in [0.3, 0.4) is 0 Å². The smallest absolute Gasteiger partial charge is 0.288 e. The quantitative estimate of drug-likeness (QED) is 0.334. The minimum atomic E-state index is -1.29. The molecular weight excluding hydrogens is 258 g/mol. The lowest BCUT2D eigenvalue weighted by Gasteiger charge is -2.13. The van der Waals surface area contributed by atoms with Crippen molar-refractivity contribution in [1.82, 2.24) is 14.8 Å². The van der Waals surface area contributed by atoms with Gasteiger partial charge in [-0.3, -0.25) is 4.79 Å². The first kappa shape index (κ1) is 13.2. The molecule has 1 aliphatic rings. The minimum Gasteiger partial charge on any atom is -0.388 e. The lowest BCUT2D eigenvalue weighted by Crippen LogP contribution is -2.32. The third kappa shape index (κ3) is 2.48. The first-order valence-electron chi connectivity index (χ1n) is 5.28. The Morgan fingerprint density at radius 2 is 2.37 bits per heavy atom. The van der Waals surface area contributed by atoms with Gasteiger partial charge in [0.05, 0.1) is 12.6 Å². The first-order chi connectivity index (χ1) is 9.04. The van der Waals surface area contributed by atoms with Gasteiger partial charge in [-0.05, 0) is 5.53 Å². The highest BCUT2D eigenvalue weighted by molar-refractivity contribution is 5.88. The van der Waals surface area contributed by atoms with E-state index in [1.54, 1.807) is 0 Å². The second-order valence-corrected chi connectivity index (χ2v) is 3.87. The van der Waals surface area contributed by atoms with Crippen LogP contribution in [0, 0.1) is 0 Å². The summed E-state index contributed by atoms with van der Waals surface area (Å²) in [6.07, 6.45) is -3.28. The van der Waals surface area contributed by atoms with Crippen molar-refractivity contribution in [3.05, 3.63) is 22.6 Å². The summed E-state index contributed by atoms with van der Waals surface area (Å²) < 4.78 is 6.38. The molecule has 11 heteroatoms. The maximum absolute atomic E-state index is 10.9. The van der Waals surface area contributed by atoms with E-state index in [9.17, 15) is 15.0 Å². The van der Waals surface area contributed by atoms with E-state index in [1.165, 1.54) is 0 Å². The summed E-state index contributed by atoms with van der Waals surface area (Å²) in [7, 11) is 0. The fourth-order valence-corrected chi connectivity index (χ4v) is 1.73. The number of hydrogen-bond acceptors (Lipinski definition) is 7. The Morgan fingerprint density at radius 3 is 2.95 bits per heavy atom. The number of rotatable bonds is 4. The van der Waals surface area contributed by atoms with Crippen molar-refractivity contribution >= 4 is 5.91 Å². The van der Waals surface area contributed by atoms with Crippen molar-refractivity contribution in [2.24, 2.45) is 10.8 Å². The van der Waals surface area contributed by atoms with Gasteiger partial charge in [-0.25, -0.2) is 9.67 Å². The molecular formula is C8H11N7O4. The van der Waals surface area contributed by atoms with E-state index in [-0.39, 0.29) is 12.4 Å². The number of aliphatic hydroxyl groups is 2. The average molecular weight is 269 g/mol. The fourth-order valence-electron chi connectivity index (χ4n) is 1.73. The van der Waals surface area contributed by atoms with E-state index >= 15 is 0 Å². The van der Waals surface area contributed by atoms with Gasteiger partial charge in [-0.1, -0.05) is 5.11 Å². The second-order valence-electron chi connectivity index (χ2n) is 3.87. The van der Waals surface area contributed by atoms with Gasteiger partial charge in [0.25, 0.3) is 5.91 Å². The molecule has 1 aromatic heterocycles. The van der Waals surface area contributed by atoms with Gasteiger partial charge in [0.1, 0.15) is 18.5 Å². The Hall–Kier alpha value is -2.20. The zero-order chi connectivity index (χ0) is 14.0. The molecule has 2 rings (SSSR count). The highest BCUT2D eigenvalue weighted by atomic mass is 16.6. The predicted molar refractivity (Wildman–Crippen MR) is 58.5 cm³/mol. The van der Waals surface area contributed by atoms with Crippen molar-refractivity contribution in [2.75, 3.05) is 6.54 Å². The highest BCUT2D eigenvalue weighted by Crippen LogP contribution is 2.28. The second kappa shape index (κ2) is 5.20. The van der Waals surface area contributed by atoms with E-state index in [2.05, 4.69) is 20.1 Å². The maximum Gasteiger partial charge on any atom is 0.288 e. The Kier molecular flexibility index (Phi) is 3.62. The Morgan fingerprint density at radius 1 is 1.63 bits per heavy atom. The molecule has 1 amide bonds. The summed E-state index contributed by atoms with van der Waals surface area (Å²) in [5.41, 5.74) is 13.2. The number of azide groups is 1. The number of carbonyl (C=O) groups is 1. The third-order valence-electron chi connectivity index (χ3n) is 2.65. The summed E-state index contributed by atoms with van der Waals surface area (Å²) in [4.78, 5) is 17.0. The van der Waals surface area contributed by atoms with E-state index in [0.717, 1.165) is 11.0 Å². The number of nitrogens with two attached hydrogens (primary N) is 1. The van der Waals surface area contributed by atoms with E-state index in [0.29, 0.717) is 0 Å².